The van der Waals surface area contributed by atoms with Crippen LogP contribution in [0.25, 0.3) is 0 Å². The molecule has 0 radical (unpaired) electrons. The lowest BCUT2D eigenvalue weighted by Gasteiger charge is -2.30. The van der Waals surface area contributed by atoms with Crippen molar-refractivity contribution in [1.29, 1.82) is 0 Å². The lowest BCUT2D eigenvalue weighted by molar-refractivity contribution is -0.152. The summed E-state index contributed by atoms with van der Waals surface area (Å²) in [6, 6.07) is 0. The summed E-state index contributed by atoms with van der Waals surface area (Å²) in [6.45, 7) is 7.36. The topological polar surface area (TPSA) is 77.2 Å². The predicted octanol–water partition coefficient (Wildman–Crippen LogP) is 1.37. The van der Waals surface area contributed by atoms with E-state index in [1.54, 1.807) is 27.7 Å². The maximum atomic E-state index is 12.1. The zero-order chi connectivity index (χ0) is 14.3. The van der Waals surface area contributed by atoms with Gasteiger partial charge in [0, 0.05) is 12.8 Å². The van der Waals surface area contributed by atoms with E-state index in [4.69, 9.17) is 14.2 Å². The van der Waals surface area contributed by atoms with Gasteiger partial charge in [-0.15, -0.1) is 0 Å². The van der Waals surface area contributed by atoms with Crippen LogP contribution in [0.4, 0.5) is 4.79 Å². The van der Waals surface area contributed by atoms with Crippen LogP contribution in [-0.4, -0.2) is 42.0 Å². The van der Waals surface area contributed by atoms with Gasteiger partial charge in [0.2, 0.25) is 0 Å². The maximum absolute atomic E-state index is 12.1. The molecule has 2 fully saturated rings. The zero-order valence-electron chi connectivity index (χ0n) is 11.8. The molecule has 2 aliphatic rings. The Bertz CT molecular complexity index is 377. The molecule has 1 aliphatic heterocycles. The third-order valence-electron chi connectivity index (χ3n) is 3.19. The van der Waals surface area contributed by atoms with Crippen LogP contribution in [0.3, 0.4) is 0 Å². The van der Waals surface area contributed by atoms with Crippen LogP contribution in [-0.2, 0) is 19.0 Å². The number of amides is 1. The molecule has 1 saturated carbocycles. The van der Waals surface area contributed by atoms with E-state index in [-0.39, 0.29) is 18.8 Å². The first-order valence-corrected chi connectivity index (χ1v) is 6.59. The Hall–Kier alpha value is -1.30. The summed E-state index contributed by atoms with van der Waals surface area (Å²) in [4.78, 5) is 24.0. The second-order valence-electron chi connectivity index (χ2n) is 6.05. The molecule has 1 heterocycles. The lowest BCUT2D eigenvalue weighted by atomic mass is 9.97. The molecule has 0 aromatic carbocycles. The molecule has 19 heavy (non-hydrogen) atoms. The molecule has 2 rings (SSSR count). The number of carbonyl (C=O) groups excluding carboxylic acids is 2. The van der Waals surface area contributed by atoms with Crippen molar-refractivity contribution in [2.24, 2.45) is 0 Å². The van der Waals surface area contributed by atoms with Crippen molar-refractivity contribution in [2.45, 2.75) is 63.9 Å². The average Bonchev–Trinajstić information content (AvgIpc) is 2.84. The number of hydrogen-bond acceptors (Lipinski definition) is 5. The smallest absolute Gasteiger partial charge is 0.408 e. The molecule has 0 aromatic rings. The molecule has 6 nitrogen and oxygen atoms in total. The molecular weight excluding hydrogens is 250 g/mol. The Morgan fingerprint density at radius 2 is 1.89 bits per heavy atom. The monoisotopic (exact) mass is 271 g/mol. The number of fused-ring (bicyclic) bond motifs is 1. The minimum Gasteiger partial charge on any atom is -0.464 e. The van der Waals surface area contributed by atoms with Crippen LogP contribution in [0, 0.1) is 0 Å². The summed E-state index contributed by atoms with van der Waals surface area (Å²) in [5.74, 6) is -0.406. The molecule has 0 aromatic heterocycles. The number of nitrogens with one attached hydrogen (secondary N) is 1. The first kappa shape index (κ1) is 14.1. The molecule has 108 valence electrons. The quantitative estimate of drug-likeness (QED) is 0.619. The number of carbonyl (C=O) groups is 2. The van der Waals surface area contributed by atoms with Gasteiger partial charge in [0.05, 0.1) is 18.8 Å². The maximum Gasteiger partial charge on any atom is 0.408 e. The highest BCUT2D eigenvalue weighted by Crippen LogP contribution is 2.45. The Morgan fingerprint density at radius 1 is 1.32 bits per heavy atom. The van der Waals surface area contributed by atoms with Gasteiger partial charge in [0.1, 0.15) is 11.1 Å². The summed E-state index contributed by atoms with van der Waals surface area (Å²) < 4.78 is 15.6. The zero-order valence-corrected chi connectivity index (χ0v) is 11.8. The number of ether oxygens (including phenoxy) is 3. The van der Waals surface area contributed by atoms with Crippen molar-refractivity contribution >= 4 is 12.1 Å². The van der Waals surface area contributed by atoms with E-state index < -0.39 is 23.2 Å². The molecule has 2 unspecified atom stereocenters. The van der Waals surface area contributed by atoms with E-state index >= 15 is 0 Å². The first-order valence-electron chi connectivity index (χ1n) is 6.59. The van der Waals surface area contributed by atoms with E-state index in [0.717, 1.165) is 0 Å². The fourth-order valence-corrected chi connectivity index (χ4v) is 2.40. The van der Waals surface area contributed by atoms with Gasteiger partial charge < -0.3 is 19.5 Å². The van der Waals surface area contributed by atoms with E-state index in [1.165, 1.54) is 0 Å². The fourth-order valence-electron chi connectivity index (χ4n) is 2.40. The fraction of sp³-hybridized carbons (Fsp3) is 0.846. The minimum absolute atomic E-state index is 0.0549. The third-order valence-corrected chi connectivity index (χ3v) is 3.19. The van der Waals surface area contributed by atoms with Crippen molar-refractivity contribution in [3.05, 3.63) is 0 Å². The van der Waals surface area contributed by atoms with Gasteiger partial charge in [-0.05, 0) is 27.7 Å². The molecule has 1 saturated heterocycles. The van der Waals surface area contributed by atoms with Crippen molar-refractivity contribution in [1.82, 2.24) is 5.32 Å². The van der Waals surface area contributed by atoms with Gasteiger partial charge in [-0.25, -0.2) is 9.59 Å². The van der Waals surface area contributed by atoms with Gasteiger partial charge in [0.15, 0.2) is 0 Å². The van der Waals surface area contributed by atoms with E-state index in [1.807, 2.05) is 0 Å². The molecule has 0 spiro atoms. The van der Waals surface area contributed by atoms with E-state index in [0.29, 0.717) is 12.8 Å². The summed E-state index contributed by atoms with van der Waals surface area (Å²) >= 11 is 0. The summed E-state index contributed by atoms with van der Waals surface area (Å²) in [7, 11) is 0. The predicted molar refractivity (Wildman–Crippen MR) is 66.6 cm³/mol. The third kappa shape index (κ3) is 3.18. The first-order chi connectivity index (χ1) is 8.76. The molecule has 6 heteroatoms. The normalized spacial score (nSPS) is 32.4. The number of rotatable bonds is 3. The van der Waals surface area contributed by atoms with Crippen LogP contribution in [0.5, 0.6) is 0 Å². The minimum atomic E-state index is -0.994. The molecule has 0 bridgehead atoms. The van der Waals surface area contributed by atoms with Crippen LogP contribution in [0.2, 0.25) is 0 Å². The van der Waals surface area contributed by atoms with Gasteiger partial charge in [-0.1, -0.05) is 0 Å². The van der Waals surface area contributed by atoms with Crippen molar-refractivity contribution in [2.75, 3.05) is 6.61 Å². The largest absolute Gasteiger partial charge is 0.464 e. The Labute approximate surface area is 112 Å². The van der Waals surface area contributed by atoms with Crippen molar-refractivity contribution in [3.63, 3.8) is 0 Å². The number of esters is 1. The van der Waals surface area contributed by atoms with Gasteiger partial charge in [0.25, 0.3) is 0 Å². The van der Waals surface area contributed by atoms with E-state index in [2.05, 4.69) is 5.32 Å². The average molecular weight is 271 g/mol. The number of alkyl carbamates (subject to hydrolysis) is 1. The SMILES string of the molecule is CCOC(=O)C1(NC(=O)OC(C)(C)C)CC2OC2C1. The highest BCUT2D eigenvalue weighted by atomic mass is 16.6. The molecule has 1 aliphatic carbocycles. The van der Waals surface area contributed by atoms with Gasteiger partial charge >= 0.3 is 12.1 Å². The van der Waals surface area contributed by atoms with Crippen molar-refractivity contribution in [3.8, 4) is 0 Å². The summed E-state index contributed by atoms with van der Waals surface area (Å²) in [5, 5.41) is 2.68. The van der Waals surface area contributed by atoms with E-state index in [9.17, 15) is 9.59 Å². The highest BCUT2D eigenvalue weighted by Gasteiger charge is 2.61. The number of hydrogen-bond donors (Lipinski definition) is 1. The summed E-state index contributed by atoms with van der Waals surface area (Å²) in [6.07, 6.45) is 0.423. The van der Waals surface area contributed by atoms with Crippen LogP contribution < -0.4 is 5.32 Å². The van der Waals surface area contributed by atoms with Crippen LogP contribution >= 0.6 is 0 Å². The summed E-state index contributed by atoms with van der Waals surface area (Å²) in [5.41, 5.74) is -1.59. The van der Waals surface area contributed by atoms with Gasteiger partial charge in [-0.3, -0.25) is 0 Å². The van der Waals surface area contributed by atoms with Gasteiger partial charge in [-0.2, -0.15) is 0 Å². The standard InChI is InChI=1S/C13H21NO5/c1-5-17-10(15)13(6-8-9(7-13)18-8)14-11(16)19-12(2,3)4/h8-9H,5-7H2,1-4H3,(H,14,16). The second kappa shape index (κ2) is 4.67. The highest BCUT2D eigenvalue weighted by molar-refractivity contribution is 5.86. The molecule has 1 amide bonds. The Kier molecular flexibility index (Phi) is 3.47. The number of epoxide rings is 1. The Morgan fingerprint density at radius 3 is 2.37 bits per heavy atom. The lowest BCUT2D eigenvalue weighted by Crippen LogP contribution is -2.55. The molecular formula is C13H21NO5. The van der Waals surface area contributed by atoms with Crippen LogP contribution in [0.15, 0.2) is 0 Å². The molecule has 1 N–H and O–H groups in total. The van der Waals surface area contributed by atoms with Crippen LogP contribution in [0.1, 0.15) is 40.5 Å². The Balaban J connectivity index is 2.03. The molecule has 2 atom stereocenters. The van der Waals surface area contributed by atoms with Crippen molar-refractivity contribution < 1.29 is 23.8 Å². The second-order valence-corrected chi connectivity index (χ2v) is 6.05.